The number of hydrogen-bond acceptors (Lipinski definition) is 4. The maximum Gasteiger partial charge on any atom is 0.291 e. The second-order valence-corrected chi connectivity index (χ2v) is 8.17. The van der Waals surface area contributed by atoms with Gasteiger partial charge in [0.1, 0.15) is 11.6 Å². The van der Waals surface area contributed by atoms with Crippen molar-refractivity contribution < 1.29 is 18.4 Å². The second kappa shape index (κ2) is 9.14. The van der Waals surface area contributed by atoms with Crippen molar-refractivity contribution in [3.63, 3.8) is 0 Å². The third-order valence-electron chi connectivity index (χ3n) is 5.06. The van der Waals surface area contributed by atoms with Gasteiger partial charge >= 0.3 is 0 Å². The first kappa shape index (κ1) is 22.0. The Morgan fingerprint density at radius 2 is 1.78 bits per heavy atom. The van der Waals surface area contributed by atoms with Gasteiger partial charge in [-0.05, 0) is 50.1 Å². The summed E-state index contributed by atoms with van der Waals surface area (Å²) in [4.78, 5) is 25.1. The van der Waals surface area contributed by atoms with Gasteiger partial charge in [-0.1, -0.05) is 35.3 Å². The summed E-state index contributed by atoms with van der Waals surface area (Å²) in [5.41, 5.74) is 4.60. The first-order valence-corrected chi connectivity index (χ1v) is 10.6. The summed E-state index contributed by atoms with van der Waals surface area (Å²) in [6.07, 6.45) is 1.95. The SMILES string of the molecule is Cc1c(C(=O)Nc2cc(Cl)cc(Cl)c2)oc2c1/C(=N/NC(=O)c1ccccc1F)CCC2. The monoisotopic (exact) mass is 473 g/mol. The fourth-order valence-corrected chi connectivity index (χ4v) is 4.16. The molecular weight excluding hydrogens is 456 g/mol. The predicted octanol–water partition coefficient (Wildman–Crippen LogP) is 5.76. The highest BCUT2D eigenvalue weighted by Crippen LogP contribution is 2.31. The zero-order chi connectivity index (χ0) is 22.8. The van der Waals surface area contributed by atoms with Gasteiger partial charge in [-0.15, -0.1) is 0 Å². The summed E-state index contributed by atoms with van der Waals surface area (Å²) >= 11 is 12.0. The third kappa shape index (κ3) is 4.54. The lowest BCUT2D eigenvalue weighted by Crippen LogP contribution is -2.23. The number of nitrogens with one attached hydrogen (secondary N) is 2. The standard InChI is InChI=1S/C23H18Cl2FN3O3/c1-12-20-18(28-29-22(30)16-5-2-3-6-17(16)26)7-4-8-19(20)32-21(12)23(31)27-15-10-13(24)9-14(25)11-15/h2-3,5-6,9-11H,4,7-8H2,1H3,(H,27,31)(H,29,30)/b28-18+. The minimum Gasteiger partial charge on any atom is -0.455 e. The van der Waals surface area contributed by atoms with Crippen molar-refractivity contribution in [2.45, 2.75) is 26.2 Å². The van der Waals surface area contributed by atoms with Crippen LogP contribution in [-0.4, -0.2) is 17.5 Å². The molecule has 2 N–H and O–H groups in total. The van der Waals surface area contributed by atoms with Crippen molar-refractivity contribution in [2.75, 3.05) is 5.32 Å². The molecule has 0 aliphatic heterocycles. The molecule has 0 radical (unpaired) electrons. The van der Waals surface area contributed by atoms with Crippen molar-refractivity contribution in [3.05, 3.63) is 86.5 Å². The number of furan rings is 1. The molecule has 164 valence electrons. The molecule has 32 heavy (non-hydrogen) atoms. The van der Waals surface area contributed by atoms with Gasteiger partial charge in [0.15, 0.2) is 5.76 Å². The molecule has 6 nitrogen and oxygen atoms in total. The van der Waals surface area contributed by atoms with E-state index in [2.05, 4.69) is 15.8 Å². The Bertz CT molecular complexity index is 1230. The van der Waals surface area contributed by atoms with Crippen LogP contribution in [0.5, 0.6) is 0 Å². The Morgan fingerprint density at radius 1 is 1.06 bits per heavy atom. The molecule has 2 aromatic carbocycles. The lowest BCUT2D eigenvalue weighted by molar-refractivity contribution is 0.0949. The molecular formula is C23H18Cl2FN3O3. The van der Waals surface area contributed by atoms with Crippen LogP contribution in [0.4, 0.5) is 10.1 Å². The number of anilines is 1. The van der Waals surface area contributed by atoms with Crippen molar-refractivity contribution >= 4 is 46.4 Å². The van der Waals surface area contributed by atoms with Crippen LogP contribution in [0.2, 0.25) is 10.0 Å². The number of amides is 2. The second-order valence-electron chi connectivity index (χ2n) is 7.30. The van der Waals surface area contributed by atoms with Crippen molar-refractivity contribution in [1.29, 1.82) is 0 Å². The normalized spacial score (nSPS) is 14.2. The Labute approximate surface area is 193 Å². The maximum absolute atomic E-state index is 13.8. The Hall–Kier alpha value is -3.16. The maximum atomic E-state index is 13.8. The van der Waals surface area contributed by atoms with E-state index in [1.165, 1.54) is 18.2 Å². The zero-order valence-electron chi connectivity index (χ0n) is 17.0. The number of aryl methyl sites for hydroxylation is 1. The topological polar surface area (TPSA) is 83.7 Å². The highest BCUT2D eigenvalue weighted by atomic mass is 35.5. The summed E-state index contributed by atoms with van der Waals surface area (Å²) < 4.78 is 19.7. The lowest BCUT2D eigenvalue weighted by Gasteiger charge is -2.13. The van der Waals surface area contributed by atoms with Crippen molar-refractivity contribution in [2.24, 2.45) is 5.10 Å². The third-order valence-corrected chi connectivity index (χ3v) is 5.50. The average molecular weight is 474 g/mol. The molecule has 0 saturated carbocycles. The number of benzene rings is 2. The molecule has 0 saturated heterocycles. The van der Waals surface area contributed by atoms with Gasteiger partial charge in [-0.25, -0.2) is 9.82 Å². The summed E-state index contributed by atoms with van der Waals surface area (Å²) in [5.74, 6) is -0.984. The van der Waals surface area contributed by atoms with E-state index in [4.69, 9.17) is 27.6 Å². The van der Waals surface area contributed by atoms with E-state index in [9.17, 15) is 14.0 Å². The van der Waals surface area contributed by atoms with Gasteiger partial charge < -0.3 is 9.73 Å². The molecule has 2 amide bonds. The van der Waals surface area contributed by atoms with E-state index in [1.807, 2.05) is 0 Å². The molecule has 3 aromatic rings. The molecule has 0 atom stereocenters. The van der Waals surface area contributed by atoms with Crippen molar-refractivity contribution in [3.8, 4) is 0 Å². The first-order chi connectivity index (χ1) is 15.3. The van der Waals surface area contributed by atoms with Gasteiger partial charge in [-0.3, -0.25) is 9.59 Å². The van der Waals surface area contributed by atoms with Crippen LogP contribution < -0.4 is 10.7 Å². The van der Waals surface area contributed by atoms with E-state index in [-0.39, 0.29) is 11.3 Å². The van der Waals surface area contributed by atoms with E-state index < -0.39 is 17.6 Å². The van der Waals surface area contributed by atoms with E-state index >= 15 is 0 Å². The number of carbonyl (C=O) groups is 2. The number of halogens is 3. The minimum absolute atomic E-state index is 0.1000. The number of hydrazone groups is 1. The molecule has 0 unspecified atom stereocenters. The van der Waals surface area contributed by atoms with Gasteiger partial charge in [-0.2, -0.15) is 5.10 Å². The molecule has 1 heterocycles. The van der Waals surface area contributed by atoms with Crippen LogP contribution in [0.25, 0.3) is 0 Å². The lowest BCUT2D eigenvalue weighted by atomic mass is 9.93. The predicted molar refractivity (Wildman–Crippen MR) is 121 cm³/mol. The van der Waals surface area contributed by atoms with Crippen LogP contribution in [0.1, 0.15) is 50.6 Å². The molecule has 0 spiro atoms. The summed E-state index contributed by atoms with van der Waals surface area (Å²) in [6.45, 7) is 1.75. The van der Waals surface area contributed by atoms with Gasteiger partial charge in [0, 0.05) is 33.3 Å². The quantitative estimate of drug-likeness (QED) is 0.472. The highest BCUT2D eigenvalue weighted by Gasteiger charge is 2.28. The van der Waals surface area contributed by atoms with Crippen LogP contribution in [-0.2, 0) is 6.42 Å². The zero-order valence-corrected chi connectivity index (χ0v) is 18.5. The van der Waals surface area contributed by atoms with Gasteiger partial charge in [0.25, 0.3) is 11.8 Å². The van der Waals surface area contributed by atoms with Crippen LogP contribution in [0.3, 0.4) is 0 Å². The van der Waals surface area contributed by atoms with E-state index in [0.717, 1.165) is 6.42 Å². The molecule has 0 fully saturated rings. The Morgan fingerprint density at radius 3 is 2.50 bits per heavy atom. The minimum atomic E-state index is -0.653. The molecule has 0 bridgehead atoms. The summed E-state index contributed by atoms with van der Waals surface area (Å²) in [6, 6.07) is 10.4. The Balaban J connectivity index is 1.58. The smallest absolute Gasteiger partial charge is 0.291 e. The number of carbonyl (C=O) groups excluding carboxylic acids is 2. The summed E-state index contributed by atoms with van der Waals surface area (Å²) in [5, 5.41) is 7.72. The summed E-state index contributed by atoms with van der Waals surface area (Å²) in [7, 11) is 0. The average Bonchev–Trinajstić information content (AvgIpc) is 3.09. The fourth-order valence-electron chi connectivity index (χ4n) is 3.63. The largest absolute Gasteiger partial charge is 0.455 e. The van der Waals surface area contributed by atoms with Gasteiger partial charge in [0.2, 0.25) is 0 Å². The molecule has 1 aliphatic rings. The first-order valence-electron chi connectivity index (χ1n) is 9.85. The Kier molecular flexibility index (Phi) is 6.30. The fraction of sp³-hybridized carbons (Fsp3) is 0.174. The highest BCUT2D eigenvalue weighted by molar-refractivity contribution is 6.35. The molecule has 1 aliphatic carbocycles. The number of rotatable bonds is 4. The van der Waals surface area contributed by atoms with Crippen LogP contribution in [0, 0.1) is 12.7 Å². The van der Waals surface area contributed by atoms with Crippen molar-refractivity contribution in [1.82, 2.24) is 5.43 Å². The number of nitrogens with zero attached hydrogens (tertiary/aromatic N) is 1. The van der Waals surface area contributed by atoms with E-state index in [1.54, 1.807) is 31.2 Å². The molecule has 1 aromatic heterocycles. The molecule has 9 heteroatoms. The van der Waals surface area contributed by atoms with Crippen LogP contribution in [0.15, 0.2) is 52.0 Å². The molecule has 4 rings (SSSR count). The van der Waals surface area contributed by atoms with Crippen LogP contribution >= 0.6 is 23.2 Å². The van der Waals surface area contributed by atoms with Gasteiger partial charge in [0.05, 0.1) is 11.3 Å². The van der Waals surface area contributed by atoms with E-state index in [0.29, 0.717) is 51.2 Å². The number of hydrogen-bond donors (Lipinski definition) is 2. The number of fused-ring (bicyclic) bond motifs is 1.